The summed E-state index contributed by atoms with van der Waals surface area (Å²) in [6, 6.07) is 15.6. The molecule has 0 aliphatic heterocycles. The molecule has 36 heavy (non-hydrogen) atoms. The molecule has 0 aliphatic carbocycles. The molecule has 3 rings (SSSR count). The van der Waals surface area contributed by atoms with Crippen molar-refractivity contribution < 1.29 is 18.7 Å². The van der Waals surface area contributed by atoms with Gasteiger partial charge in [-0.25, -0.2) is 4.39 Å². The normalized spacial score (nSPS) is 10.6. The molecule has 0 aliphatic rings. The van der Waals surface area contributed by atoms with Crippen LogP contribution in [0.25, 0.3) is 0 Å². The summed E-state index contributed by atoms with van der Waals surface area (Å²) in [6.45, 7) is 4.68. The third-order valence-electron chi connectivity index (χ3n) is 4.93. The molecule has 3 N–H and O–H groups in total. The Hall–Kier alpha value is -3.01. The minimum absolute atomic E-state index is 0.0518. The summed E-state index contributed by atoms with van der Waals surface area (Å²) >= 11 is 14.5. The van der Waals surface area contributed by atoms with E-state index in [-0.39, 0.29) is 10.1 Å². The van der Waals surface area contributed by atoms with Crippen LogP contribution in [0, 0.1) is 11.7 Å². The first kappa shape index (κ1) is 27.6. The lowest BCUT2D eigenvalue weighted by molar-refractivity contribution is 0.0972. The highest BCUT2D eigenvalue weighted by Crippen LogP contribution is 2.24. The number of carbonyl (C=O) groups is 2. The highest BCUT2D eigenvalue weighted by molar-refractivity contribution is 9.10. The van der Waals surface area contributed by atoms with Gasteiger partial charge in [-0.05, 0) is 79.2 Å². The molecule has 0 aromatic heterocycles. The molecule has 0 saturated carbocycles. The molecule has 0 fully saturated rings. The lowest BCUT2D eigenvalue weighted by Gasteiger charge is -2.14. The minimum atomic E-state index is -0.575. The van der Waals surface area contributed by atoms with E-state index in [2.05, 4.69) is 45.7 Å². The molecule has 0 heterocycles. The minimum Gasteiger partial charge on any atom is -0.493 e. The van der Waals surface area contributed by atoms with E-state index in [1.54, 1.807) is 42.5 Å². The number of hydrogen-bond acceptors (Lipinski definition) is 4. The number of thiocarbonyl (C=S) groups is 1. The fourth-order valence-corrected chi connectivity index (χ4v) is 3.81. The molecule has 188 valence electrons. The van der Waals surface area contributed by atoms with Gasteiger partial charge in [-0.2, -0.15) is 0 Å². The number of ether oxygens (including phenoxy) is 1. The van der Waals surface area contributed by atoms with Crippen LogP contribution in [-0.2, 0) is 0 Å². The first-order chi connectivity index (χ1) is 17.1. The molecule has 0 bridgehead atoms. The zero-order valence-corrected chi connectivity index (χ0v) is 22.7. The number of nitrogens with one attached hydrogen (secondary N) is 3. The van der Waals surface area contributed by atoms with Crippen LogP contribution in [0.3, 0.4) is 0 Å². The van der Waals surface area contributed by atoms with E-state index in [4.69, 9.17) is 28.6 Å². The number of carbonyl (C=O) groups excluding carboxylic acids is 2. The summed E-state index contributed by atoms with van der Waals surface area (Å²) < 4.78 is 19.9. The van der Waals surface area contributed by atoms with Crippen LogP contribution >= 0.6 is 39.7 Å². The van der Waals surface area contributed by atoms with Crippen molar-refractivity contribution in [1.29, 1.82) is 0 Å². The predicted molar refractivity (Wildman–Crippen MR) is 149 cm³/mol. The van der Waals surface area contributed by atoms with Crippen molar-refractivity contribution >= 4 is 68.1 Å². The summed E-state index contributed by atoms with van der Waals surface area (Å²) in [5, 5.41) is 8.16. The van der Waals surface area contributed by atoms with Gasteiger partial charge in [0.2, 0.25) is 0 Å². The van der Waals surface area contributed by atoms with E-state index in [1.807, 2.05) is 0 Å². The van der Waals surface area contributed by atoms with E-state index >= 15 is 0 Å². The zero-order chi connectivity index (χ0) is 26.2. The third-order valence-corrected chi connectivity index (χ3v) is 5.91. The Morgan fingerprint density at radius 2 is 1.78 bits per heavy atom. The van der Waals surface area contributed by atoms with Gasteiger partial charge < -0.3 is 15.4 Å². The van der Waals surface area contributed by atoms with Gasteiger partial charge >= 0.3 is 0 Å². The summed E-state index contributed by atoms with van der Waals surface area (Å²) in [4.78, 5) is 25.5. The molecule has 0 atom stereocenters. The van der Waals surface area contributed by atoms with Crippen molar-refractivity contribution in [2.45, 2.75) is 20.3 Å². The summed E-state index contributed by atoms with van der Waals surface area (Å²) in [6.07, 6.45) is 0.856. The highest BCUT2D eigenvalue weighted by atomic mass is 79.9. The number of benzene rings is 3. The number of anilines is 2. The molecule has 3 aromatic rings. The summed E-state index contributed by atoms with van der Waals surface area (Å²) in [5.74, 6) is -0.503. The van der Waals surface area contributed by atoms with Crippen LogP contribution in [0.4, 0.5) is 15.8 Å². The fourth-order valence-electron chi connectivity index (χ4n) is 3.06. The molecule has 0 unspecified atom stereocenters. The average molecular weight is 593 g/mol. The molecule has 3 aromatic carbocycles. The maximum Gasteiger partial charge on any atom is 0.261 e. The van der Waals surface area contributed by atoms with Gasteiger partial charge in [-0.1, -0.05) is 47.4 Å². The number of hydrogen-bond donors (Lipinski definition) is 3. The smallest absolute Gasteiger partial charge is 0.261 e. The van der Waals surface area contributed by atoms with Gasteiger partial charge in [-0.3, -0.25) is 14.9 Å². The van der Waals surface area contributed by atoms with E-state index in [9.17, 15) is 14.0 Å². The molecule has 2 amide bonds. The Bertz CT molecular complexity index is 1290. The lowest BCUT2D eigenvalue weighted by Crippen LogP contribution is -2.34. The van der Waals surface area contributed by atoms with E-state index < -0.39 is 17.6 Å². The standard InChI is InChI=1S/C26H24BrClFN3O3S/c1-15(2)10-11-35-23-9-6-17(27)13-20(23)25(34)32-26(36)31-18-5-3-4-16(12-18)24(33)30-19-7-8-22(29)21(28)14-19/h3-9,12-15H,10-11H2,1-2H3,(H,30,33)(H2,31,32,34,36). The topological polar surface area (TPSA) is 79.5 Å². The summed E-state index contributed by atoms with van der Waals surface area (Å²) in [7, 11) is 0. The number of rotatable bonds is 8. The fraction of sp³-hybridized carbons (Fsp3) is 0.192. The van der Waals surface area contributed by atoms with E-state index in [1.165, 1.54) is 18.2 Å². The van der Waals surface area contributed by atoms with Crippen molar-refractivity contribution in [3.05, 3.63) is 87.1 Å². The Labute approximate surface area is 227 Å². The van der Waals surface area contributed by atoms with Crippen molar-refractivity contribution in [3.8, 4) is 5.75 Å². The molecule has 10 heteroatoms. The van der Waals surface area contributed by atoms with Gasteiger partial charge in [0.25, 0.3) is 11.8 Å². The summed E-state index contributed by atoms with van der Waals surface area (Å²) in [5.41, 5.74) is 1.51. The van der Waals surface area contributed by atoms with Gasteiger partial charge in [0.05, 0.1) is 17.2 Å². The van der Waals surface area contributed by atoms with Crippen LogP contribution in [0.15, 0.2) is 65.1 Å². The molecule has 6 nitrogen and oxygen atoms in total. The van der Waals surface area contributed by atoms with Gasteiger partial charge in [0.1, 0.15) is 11.6 Å². The van der Waals surface area contributed by atoms with Crippen LogP contribution in [-0.4, -0.2) is 23.5 Å². The Kier molecular flexibility index (Phi) is 9.81. The first-order valence-corrected chi connectivity index (χ1v) is 12.6. The second-order valence-electron chi connectivity index (χ2n) is 8.24. The van der Waals surface area contributed by atoms with Crippen molar-refractivity contribution in [1.82, 2.24) is 5.32 Å². The lowest BCUT2D eigenvalue weighted by atomic mass is 10.1. The molecule has 0 spiro atoms. The van der Waals surface area contributed by atoms with Crippen LogP contribution in [0.5, 0.6) is 5.75 Å². The van der Waals surface area contributed by atoms with Gasteiger partial charge in [0.15, 0.2) is 5.11 Å². The Morgan fingerprint density at radius 3 is 2.50 bits per heavy atom. The van der Waals surface area contributed by atoms with Crippen LogP contribution in [0.1, 0.15) is 41.0 Å². The van der Waals surface area contributed by atoms with Crippen LogP contribution < -0.4 is 20.7 Å². The van der Waals surface area contributed by atoms with Crippen molar-refractivity contribution in [2.24, 2.45) is 5.92 Å². The first-order valence-electron chi connectivity index (χ1n) is 11.0. The maximum absolute atomic E-state index is 13.4. The van der Waals surface area contributed by atoms with Gasteiger partial charge in [-0.15, -0.1) is 0 Å². The largest absolute Gasteiger partial charge is 0.493 e. The molecule has 0 radical (unpaired) electrons. The quantitative estimate of drug-likeness (QED) is 0.244. The zero-order valence-electron chi connectivity index (χ0n) is 19.5. The van der Waals surface area contributed by atoms with E-state index in [0.29, 0.717) is 40.8 Å². The Balaban J connectivity index is 1.64. The number of amides is 2. The Morgan fingerprint density at radius 1 is 1.03 bits per heavy atom. The third kappa shape index (κ3) is 8.01. The SMILES string of the molecule is CC(C)CCOc1ccc(Br)cc1C(=O)NC(=S)Nc1cccc(C(=O)Nc2ccc(F)c(Cl)c2)c1. The van der Waals surface area contributed by atoms with Gasteiger partial charge in [0, 0.05) is 21.4 Å². The highest BCUT2D eigenvalue weighted by Gasteiger charge is 2.16. The molecule has 0 saturated heterocycles. The molecular weight excluding hydrogens is 569 g/mol. The average Bonchev–Trinajstić information content (AvgIpc) is 2.82. The molecular formula is C26H24BrClFN3O3S. The second-order valence-corrected chi connectivity index (χ2v) is 9.97. The predicted octanol–water partition coefficient (Wildman–Crippen LogP) is 7.05. The van der Waals surface area contributed by atoms with E-state index in [0.717, 1.165) is 10.9 Å². The maximum atomic E-state index is 13.4. The van der Waals surface area contributed by atoms with Crippen LogP contribution in [0.2, 0.25) is 5.02 Å². The second kappa shape index (κ2) is 12.8. The van der Waals surface area contributed by atoms with Crippen molar-refractivity contribution in [3.63, 3.8) is 0 Å². The monoisotopic (exact) mass is 591 g/mol. The number of halogens is 3. The van der Waals surface area contributed by atoms with Crippen molar-refractivity contribution in [2.75, 3.05) is 17.2 Å².